The minimum Gasteiger partial charge on any atom is -0.489 e. The van der Waals surface area contributed by atoms with E-state index in [1.165, 1.54) is 30.4 Å². The second kappa shape index (κ2) is 15.5. The Morgan fingerprint density at radius 2 is 1.86 bits per heavy atom. The molecule has 5 N–H and O–H groups in total. The lowest BCUT2D eigenvalue weighted by atomic mass is 10.1. The number of hydrogen-bond acceptors (Lipinski definition) is 10. The molecule has 1 unspecified atom stereocenters. The van der Waals surface area contributed by atoms with Crippen LogP contribution in [-0.2, 0) is 30.0 Å². The number of amides is 1. The molecule has 1 aromatic carbocycles. The third-order valence-electron chi connectivity index (χ3n) is 6.41. The molecule has 13 nitrogen and oxygen atoms in total. The molecular weight excluding hydrogens is 576 g/mol. The first kappa shape index (κ1) is 33.6. The number of nitrogens with two attached hydrogens (primary N) is 1. The number of nitrogen functional groups attached to an aromatic ring is 1. The fraction of sp³-hybridized carbons (Fsp3) is 0.379. The molecule has 14 heteroatoms. The van der Waals surface area contributed by atoms with Gasteiger partial charge in [0, 0.05) is 24.2 Å². The van der Waals surface area contributed by atoms with E-state index in [0.29, 0.717) is 34.0 Å². The molecule has 4 bridgehead atoms. The van der Waals surface area contributed by atoms with E-state index in [1.807, 2.05) is 0 Å². The number of anilines is 1. The third-order valence-corrected chi connectivity index (χ3v) is 8.12. The lowest BCUT2D eigenvalue weighted by Gasteiger charge is -2.33. The van der Waals surface area contributed by atoms with Crippen LogP contribution in [0.4, 0.5) is 5.82 Å². The van der Waals surface area contributed by atoms with Crippen molar-refractivity contribution in [2.24, 2.45) is 0 Å². The smallest absolute Gasteiger partial charge is 0.324 e. The van der Waals surface area contributed by atoms with Crippen LogP contribution in [0.3, 0.4) is 0 Å². The van der Waals surface area contributed by atoms with Gasteiger partial charge in [-0.15, -0.1) is 0 Å². The highest BCUT2D eigenvalue weighted by Gasteiger charge is 2.38. The molecular formula is C29H38N6O7S. The molecule has 0 saturated heterocycles. The molecule has 0 spiro atoms. The predicted octanol–water partition coefficient (Wildman–Crippen LogP) is 1.88. The number of carbonyl (C=O) groups is 2. The van der Waals surface area contributed by atoms with Crippen molar-refractivity contribution in [1.29, 1.82) is 0 Å². The number of fused-ring (bicyclic) bond motifs is 15. The Kier molecular flexibility index (Phi) is 12.1. The van der Waals surface area contributed by atoms with Crippen molar-refractivity contribution in [2.45, 2.75) is 24.3 Å². The maximum Gasteiger partial charge on any atom is 0.324 e. The van der Waals surface area contributed by atoms with Gasteiger partial charge in [-0.25, -0.2) is 18.5 Å². The van der Waals surface area contributed by atoms with Crippen LogP contribution >= 0.6 is 0 Å². The van der Waals surface area contributed by atoms with Gasteiger partial charge in [-0.1, -0.05) is 25.3 Å². The Bertz CT molecular complexity index is 1390. The maximum atomic E-state index is 13.5. The van der Waals surface area contributed by atoms with Crippen molar-refractivity contribution in [2.75, 3.05) is 58.9 Å². The normalized spacial score (nSPS) is 19.8. The molecule has 1 atom stereocenters. The molecule has 0 saturated carbocycles. The van der Waals surface area contributed by atoms with Gasteiger partial charge in [0.05, 0.1) is 48.9 Å². The number of ether oxygens (including phenoxy) is 3. The molecule has 0 fully saturated rings. The van der Waals surface area contributed by atoms with E-state index in [-0.39, 0.29) is 56.8 Å². The zero-order chi connectivity index (χ0) is 31.6. The Labute approximate surface area is 253 Å². The zero-order valence-electron chi connectivity index (χ0n) is 24.6. The van der Waals surface area contributed by atoms with Gasteiger partial charge < -0.3 is 35.7 Å². The van der Waals surface area contributed by atoms with E-state index < -0.39 is 28.4 Å². The minimum atomic E-state index is -1.83. The summed E-state index contributed by atoms with van der Waals surface area (Å²) >= 11 is 0. The molecule has 0 aliphatic carbocycles. The lowest BCUT2D eigenvalue weighted by molar-refractivity contribution is -0.146. The summed E-state index contributed by atoms with van der Waals surface area (Å²) < 4.78 is 32.1. The predicted molar refractivity (Wildman–Crippen MR) is 162 cm³/mol. The van der Waals surface area contributed by atoms with Crippen LogP contribution in [0.5, 0.6) is 0 Å². The maximum absolute atomic E-state index is 13.5. The molecule has 2 aliphatic heterocycles. The fourth-order valence-electron chi connectivity index (χ4n) is 3.97. The van der Waals surface area contributed by atoms with E-state index in [1.54, 1.807) is 31.3 Å². The summed E-state index contributed by atoms with van der Waals surface area (Å²) in [7, 11) is -0.0774. The van der Waals surface area contributed by atoms with Crippen molar-refractivity contribution >= 4 is 28.7 Å². The van der Waals surface area contributed by atoms with Crippen molar-refractivity contribution in [3.8, 4) is 11.3 Å². The van der Waals surface area contributed by atoms with Gasteiger partial charge in [0.1, 0.15) is 28.9 Å². The first-order valence-electron chi connectivity index (χ1n) is 13.5. The van der Waals surface area contributed by atoms with E-state index in [0.717, 1.165) is 0 Å². The molecule has 2 aromatic rings. The average Bonchev–Trinajstić information content (AvgIpc) is 2.98. The van der Waals surface area contributed by atoms with Gasteiger partial charge in [-0.2, -0.15) is 0 Å². The fourth-order valence-corrected chi connectivity index (χ4v) is 5.32. The van der Waals surface area contributed by atoms with Gasteiger partial charge in [-0.05, 0) is 39.1 Å². The molecule has 1 amide bonds. The van der Waals surface area contributed by atoms with Crippen molar-refractivity contribution in [1.82, 2.24) is 24.9 Å². The first-order valence-corrected chi connectivity index (χ1v) is 14.6. The largest absolute Gasteiger partial charge is 0.489 e. The summed E-state index contributed by atoms with van der Waals surface area (Å²) in [5, 5.41) is 15.6. The van der Waals surface area contributed by atoms with Gasteiger partial charge >= 0.3 is 5.97 Å². The van der Waals surface area contributed by atoms with E-state index in [4.69, 9.17) is 19.9 Å². The number of carbonyl (C=O) groups excluding carboxylic acids is 1. The zero-order valence-corrected chi connectivity index (χ0v) is 25.4. The second-order valence-electron chi connectivity index (χ2n) is 9.84. The van der Waals surface area contributed by atoms with Gasteiger partial charge in [0.2, 0.25) is 0 Å². The Morgan fingerprint density at radius 3 is 2.49 bits per heavy atom. The highest BCUT2D eigenvalue weighted by atomic mass is 32.2. The van der Waals surface area contributed by atoms with Crippen molar-refractivity contribution < 1.29 is 33.1 Å². The van der Waals surface area contributed by atoms with E-state index in [2.05, 4.69) is 33.8 Å². The van der Waals surface area contributed by atoms with E-state index >= 15 is 0 Å². The van der Waals surface area contributed by atoms with Crippen LogP contribution in [0.1, 0.15) is 24.3 Å². The summed E-state index contributed by atoms with van der Waals surface area (Å²) in [6.07, 6.45) is 2.85. The highest BCUT2D eigenvalue weighted by Crippen LogP contribution is 2.25. The highest BCUT2D eigenvalue weighted by molar-refractivity contribution is 7.82. The second-order valence-corrected chi connectivity index (χ2v) is 11.2. The van der Waals surface area contributed by atoms with Crippen LogP contribution in [0.15, 0.2) is 71.6 Å². The molecule has 0 radical (unpaired) electrons. The molecule has 3 heterocycles. The topological polar surface area (TPSA) is 178 Å². The number of rotatable bonds is 6. The van der Waals surface area contributed by atoms with Gasteiger partial charge in [-0.3, -0.25) is 9.59 Å². The number of nitrogens with zero attached hydrogens (tertiary/aromatic N) is 3. The quantitative estimate of drug-likeness (QED) is 0.349. The summed E-state index contributed by atoms with van der Waals surface area (Å²) in [5.74, 6) is -1.54. The Hall–Kier alpha value is -3.95. The van der Waals surface area contributed by atoms with Crippen LogP contribution in [-0.4, -0.2) is 94.2 Å². The lowest BCUT2D eigenvalue weighted by Crippen LogP contribution is -2.52. The monoisotopic (exact) mass is 614 g/mol. The molecule has 232 valence electrons. The van der Waals surface area contributed by atoms with Crippen LogP contribution in [0, 0.1) is 0 Å². The number of hydrogen-bond donors (Lipinski definition) is 4. The Morgan fingerprint density at radius 1 is 1.21 bits per heavy atom. The number of allylic oxidation sites excluding steroid dienone is 1. The van der Waals surface area contributed by atoms with Crippen LogP contribution in [0.25, 0.3) is 11.3 Å². The average molecular weight is 615 g/mol. The molecule has 2 aliphatic rings. The summed E-state index contributed by atoms with van der Waals surface area (Å²) in [4.78, 5) is 34.3. The van der Waals surface area contributed by atoms with Gasteiger partial charge in [0.15, 0.2) is 11.5 Å². The first-order chi connectivity index (χ1) is 20.5. The number of nitrogens with one attached hydrogen (secondary N) is 2. The summed E-state index contributed by atoms with van der Waals surface area (Å²) in [5.41, 5.74) is 6.19. The van der Waals surface area contributed by atoms with Crippen molar-refractivity contribution in [3.05, 3.63) is 72.4 Å². The van der Waals surface area contributed by atoms with Crippen LogP contribution in [0.2, 0.25) is 0 Å². The number of aliphatic carboxylic acids is 1. The number of benzene rings is 1. The van der Waals surface area contributed by atoms with Gasteiger partial charge in [0.25, 0.3) is 5.91 Å². The SMILES string of the molecule is C=C/C1=C(\C(=C)CNC)OCCOCCOCCN(C(C)(C)C(=O)O)S(=O)c2ccc(cc2)-c2cnc(N)c(n2)C(=O)N1. The number of aromatic nitrogens is 2. The molecule has 4 rings (SSSR count). The standard InChI is InChI=1S/C29H38N6O7S/c1-6-22-25(19(2)17-31-5)42-16-15-41-14-13-40-12-11-35(29(3,4)28(37)38)43(39)21-9-7-20(8-10-21)23-18-32-26(30)24(33-23)27(36)34-22/h6-10,18,31H,1-2,11-17H2,3-5H3,(H2,30,32)(H,34,36)(H,37,38)/b25-22-. The number of likely N-dealkylation sites (N-methyl/N-ethyl adjacent to an activating group) is 1. The molecule has 1 aromatic heterocycles. The minimum absolute atomic E-state index is 0.0875. The third kappa shape index (κ3) is 8.55. The number of carboxylic acid groups (broad SMARTS) is 1. The summed E-state index contributed by atoms with van der Waals surface area (Å²) in [6.45, 7) is 12.2. The summed E-state index contributed by atoms with van der Waals surface area (Å²) in [6, 6.07) is 6.52. The Balaban J connectivity index is 2.02. The van der Waals surface area contributed by atoms with E-state index in [9.17, 15) is 18.9 Å². The van der Waals surface area contributed by atoms with Crippen LogP contribution < -0.4 is 16.4 Å². The van der Waals surface area contributed by atoms with Crippen molar-refractivity contribution in [3.63, 3.8) is 0 Å². The number of carboxylic acids is 1. The molecule has 43 heavy (non-hydrogen) atoms.